The van der Waals surface area contributed by atoms with Crippen molar-refractivity contribution in [2.45, 2.75) is 19.9 Å². The second-order valence-corrected chi connectivity index (χ2v) is 5.71. The number of ether oxygens (including phenoxy) is 1. The zero-order valence-corrected chi connectivity index (χ0v) is 13.9. The lowest BCUT2D eigenvalue weighted by Crippen LogP contribution is -2.39. The molecule has 0 radical (unpaired) electrons. The van der Waals surface area contributed by atoms with Crippen molar-refractivity contribution in [2.24, 2.45) is 10.9 Å². The maximum Gasteiger partial charge on any atom is 0.191 e. The van der Waals surface area contributed by atoms with E-state index in [0.29, 0.717) is 0 Å². The lowest BCUT2D eigenvalue weighted by atomic mass is 10.1. The summed E-state index contributed by atoms with van der Waals surface area (Å²) in [6, 6.07) is 8.08. The van der Waals surface area contributed by atoms with Crippen LogP contribution in [0.1, 0.15) is 18.9 Å². The number of benzene rings is 1. The predicted octanol–water partition coefficient (Wildman–Crippen LogP) is 1.70. The molecule has 1 atom stereocenters. The van der Waals surface area contributed by atoms with Gasteiger partial charge >= 0.3 is 0 Å². The third-order valence-corrected chi connectivity index (χ3v) is 4.19. The molecule has 0 bridgehead atoms. The zero-order valence-electron chi connectivity index (χ0n) is 13.9. The summed E-state index contributed by atoms with van der Waals surface area (Å²) in [5.74, 6) is 2.46. The van der Waals surface area contributed by atoms with Crippen LogP contribution in [-0.2, 0) is 6.54 Å². The molecule has 122 valence electrons. The van der Waals surface area contributed by atoms with Crippen LogP contribution in [0.15, 0.2) is 29.3 Å². The fourth-order valence-corrected chi connectivity index (χ4v) is 2.80. The van der Waals surface area contributed by atoms with Crippen molar-refractivity contribution in [2.75, 3.05) is 40.3 Å². The molecule has 0 saturated carbocycles. The highest BCUT2D eigenvalue weighted by molar-refractivity contribution is 5.79. The summed E-state index contributed by atoms with van der Waals surface area (Å²) in [7, 11) is 3.50. The van der Waals surface area contributed by atoms with Crippen molar-refractivity contribution >= 4 is 5.96 Å². The molecule has 0 spiro atoms. The SMILES string of the molecule is CCN1CCC(CNC(=NC)NCc2cccc(OC)c2)C1. The Bertz CT molecular complexity index is 489. The third-order valence-electron chi connectivity index (χ3n) is 4.19. The van der Waals surface area contributed by atoms with Crippen LogP contribution < -0.4 is 15.4 Å². The minimum Gasteiger partial charge on any atom is -0.497 e. The summed E-state index contributed by atoms with van der Waals surface area (Å²) in [4.78, 5) is 6.79. The molecule has 1 unspecified atom stereocenters. The van der Waals surface area contributed by atoms with E-state index in [0.717, 1.165) is 37.3 Å². The van der Waals surface area contributed by atoms with Gasteiger partial charge in [0, 0.05) is 26.7 Å². The van der Waals surface area contributed by atoms with Gasteiger partial charge in [-0.1, -0.05) is 19.1 Å². The number of hydrogen-bond donors (Lipinski definition) is 2. The summed E-state index contributed by atoms with van der Waals surface area (Å²) in [5.41, 5.74) is 1.18. The highest BCUT2D eigenvalue weighted by Gasteiger charge is 2.20. The first kappa shape index (κ1) is 16.6. The number of rotatable bonds is 6. The van der Waals surface area contributed by atoms with Crippen LogP contribution in [0.2, 0.25) is 0 Å². The number of nitrogens with one attached hydrogen (secondary N) is 2. The van der Waals surface area contributed by atoms with Gasteiger partial charge in [-0.2, -0.15) is 0 Å². The molecule has 22 heavy (non-hydrogen) atoms. The summed E-state index contributed by atoms with van der Waals surface area (Å²) in [6.07, 6.45) is 1.27. The van der Waals surface area contributed by atoms with E-state index in [-0.39, 0.29) is 0 Å². The lowest BCUT2D eigenvalue weighted by molar-refractivity contribution is 0.342. The summed E-state index contributed by atoms with van der Waals surface area (Å²) < 4.78 is 5.25. The molecule has 0 aliphatic carbocycles. The standard InChI is InChI=1S/C17H28N4O/c1-4-21-9-8-15(13-21)12-20-17(18-2)19-11-14-6-5-7-16(10-14)22-3/h5-7,10,15H,4,8-9,11-13H2,1-3H3,(H2,18,19,20). The van der Waals surface area contributed by atoms with Gasteiger partial charge in [0.15, 0.2) is 5.96 Å². The van der Waals surface area contributed by atoms with E-state index >= 15 is 0 Å². The monoisotopic (exact) mass is 304 g/mol. The van der Waals surface area contributed by atoms with E-state index in [1.807, 2.05) is 25.2 Å². The molecule has 2 N–H and O–H groups in total. The van der Waals surface area contributed by atoms with E-state index < -0.39 is 0 Å². The van der Waals surface area contributed by atoms with Crippen molar-refractivity contribution in [3.8, 4) is 5.75 Å². The molecule has 2 rings (SSSR count). The second kappa shape index (κ2) is 8.63. The van der Waals surface area contributed by atoms with Gasteiger partial charge in [0.1, 0.15) is 5.75 Å². The number of nitrogens with zero attached hydrogens (tertiary/aromatic N) is 2. The maximum atomic E-state index is 5.25. The Balaban J connectivity index is 1.75. The molecular formula is C17H28N4O. The van der Waals surface area contributed by atoms with Gasteiger partial charge in [0.25, 0.3) is 0 Å². The number of aliphatic imine (C=N–C) groups is 1. The Morgan fingerprint density at radius 3 is 2.95 bits per heavy atom. The summed E-state index contributed by atoms with van der Waals surface area (Å²) in [5, 5.41) is 6.79. The van der Waals surface area contributed by atoms with E-state index in [1.54, 1.807) is 7.11 Å². The van der Waals surface area contributed by atoms with Gasteiger partial charge in [-0.25, -0.2) is 0 Å². The molecule has 1 aliphatic heterocycles. The Morgan fingerprint density at radius 2 is 2.27 bits per heavy atom. The highest BCUT2D eigenvalue weighted by Crippen LogP contribution is 2.14. The number of methoxy groups -OCH3 is 1. The van der Waals surface area contributed by atoms with Crippen molar-refractivity contribution in [3.63, 3.8) is 0 Å². The molecule has 5 heteroatoms. The first-order valence-electron chi connectivity index (χ1n) is 8.05. The maximum absolute atomic E-state index is 5.25. The fraction of sp³-hybridized carbons (Fsp3) is 0.588. The van der Waals surface area contributed by atoms with Crippen LogP contribution in [0.5, 0.6) is 5.75 Å². The van der Waals surface area contributed by atoms with Crippen LogP contribution in [0.4, 0.5) is 0 Å². The number of guanidine groups is 1. The van der Waals surface area contributed by atoms with Crippen LogP contribution in [-0.4, -0.2) is 51.2 Å². The van der Waals surface area contributed by atoms with Crippen LogP contribution in [0.3, 0.4) is 0 Å². The number of hydrogen-bond acceptors (Lipinski definition) is 3. The van der Waals surface area contributed by atoms with Crippen LogP contribution in [0.25, 0.3) is 0 Å². The molecule has 1 fully saturated rings. The van der Waals surface area contributed by atoms with Crippen LogP contribution in [0, 0.1) is 5.92 Å². The minimum atomic E-state index is 0.718. The van der Waals surface area contributed by atoms with Gasteiger partial charge in [-0.05, 0) is 43.1 Å². The van der Waals surface area contributed by atoms with Crippen molar-refractivity contribution in [3.05, 3.63) is 29.8 Å². The zero-order chi connectivity index (χ0) is 15.8. The van der Waals surface area contributed by atoms with Crippen LogP contribution >= 0.6 is 0 Å². The largest absolute Gasteiger partial charge is 0.497 e. The Kier molecular flexibility index (Phi) is 6.52. The lowest BCUT2D eigenvalue weighted by Gasteiger charge is -2.16. The molecule has 1 aliphatic rings. The average Bonchev–Trinajstić information content (AvgIpc) is 3.03. The highest BCUT2D eigenvalue weighted by atomic mass is 16.5. The molecular weight excluding hydrogens is 276 g/mol. The molecule has 1 saturated heterocycles. The molecule has 0 amide bonds. The number of likely N-dealkylation sites (tertiary alicyclic amines) is 1. The molecule has 1 aromatic carbocycles. The Labute approximate surface area is 133 Å². The van der Waals surface area contributed by atoms with Gasteiger partial charge in [0.2, 0.25) is 0 Å². The quantitative estimate of drug-likeness (QED) is 0.620. The van der Waals surface area contributed by atoms with Gasteiger partial charge in [-0.15, -0.1) is 0 Å². The molecule has 5 nitrogen and oxygen atoms in total. The van der Waals surface area contributed by atoms with Gasteiger partial charge < -0.3 is 20.3 Å². The van der Waals surface area contributed by atoms with Gasteiger partial charge in [-0.3, -0.25) is 4.99 Å². The normalized spacial score (nSPS) is 19.2. The van der Waals surface area contributed by atoms with Crippen molar-refractivity contribution < 1.29 is 4.74 Å². The minimum absolute atomic E-state index is 0.718. The van der Waals surface area contributed by atoms with Crippen molar-refractivity contribution in [1.29, 1.82) is 0 Å². The Hall–Kier alpha value is -1.75. The second-order valence-electron chi connectivity index (χ2n) is 5.71. The van der Waals surface area contributed by atoms with E-state index in [2.05, 4.69) is 33.5 Å². The van der Waals surface area contributed by atoms with E-state index in [4.69, 9.17) is 4.74 Å². The fourth-order valence-electron chi connectivity index (χ4n) is 2.80. The smallest absolute Gasteiger partial charge is 0.191 e. The van der Waals surface area contributed by atoms with E-state index in [1.165, 1.54) is 25.1 Å². The van der Waals surface area contributed by atoms with Gasteiger partial charge in [0.05, 0.1) is 7.11 Å². The average molecular weight is 304 g/mol. The predicted molar refractivity (Wildman–Crippen MR) is 91.4 cm³/mol. The summed E-state index contributed by atoms with van der Waals surface area (Å²) in [6.45, 7) is 7.51. The first-order valence-corrected chi connectivity index (χ1v) is 8.05. The topological polar surface area (TPSA) is 48.9 Å². The molecule has 1 aromatic rings. The summed E-state index contributed by atoms with van der Waals surface area (Å²) >= 11 is 0. The third kappa shape index (κ3) is 4.91. The first-order chi connectivity index (χ1) is 10.7. The van der Waals surface area contributed by atoms with Crippen molar-refractivity contribution in [1.82, 2.24) is 15.5 Å². The molecule has 0 aromatic heterocycles. The van der Waals surface area contributed by atoms with E-state index in [9.17, 15) is 0 Å². The Morgan fingerprint density at radius 1 is 1.41 bits per heavy atom. The molecule has 1 heterocycles.